The van der Waals surface area contributed by atoms with Gasteiger partial charge in [-0.15, -0.1) is 0 Å². The third-order valence-electron chi connectivity index (χ3n) is 1.53. The van der Waals surface area contributed by atoms with E-state index in [0.717, 1.165) is 11.3 Å². The van der Waals surface area contributed by atoms with Gasteiger partial charge in [0.05, 0.1) is 6.61 Å². The maximum Gasteiger partial charge on any atom is 0.116 e. The molecule has 0 radical (unpaired) electrons. The number of anilines is 1. The summed E-state index contributed by atoms with van der Waals surface area (Å²) in [6.07, 6.45) is 3.60. The lowest BCUT2D eigenvalue weighted by molar-refractivity contribution is 0.130. The van der Waals surface area contributed by atoms with Crippen LogP contribution >= 0.6 is 0 Å². The largest absolute Gasteiger partial charge is 0.362 e. The van der Waals surface area contributed by atoms with Gasteiger partial charge in [-0.05, 0) is 6.07 Å². The number of nitrogens with zero attached hydrogens (tertiary/aromatic N) is 1. The van der Waals surface area contributed by atoms with Crippen LogP contribution in [0.1, 0.15) is 5.56 Å². The van der Waals surface area contributed by atoms with E-state index in [0.29, 0.717) is 13.3 Å². The van der Waals surface area contributed by atoms with Gasteiger partial charge in [0.25, 0.3) is 0 Å². The molecule has 10 heavy (non-hydrogen) atoms. The van der Waals surface area contributed by atoms with Crippen LogP contribution in [0.25, 0.3) is 0 Å². The lowest BCUT2D eigenvalue weighted by atomic mass is 10.2. The zero-order valence-electron chi connectivity index (χ0n) is 5.50. The molecule has 3 heteroatoms. The molecule has 0 aliphatic carbocycles. The maximum atomic E-state index is 5.14. The summed E-state index contributed by atoms with van der Waals surface area (Å²) in [7, 11) is 0. The summed E-state index contributed by atoms with van der Waals surface area (Å²) >= 11 is 0. The molecule has 1 aliphatic rings. The van der Waals surface area contributed by atoms with Gasteiger partial charge in [0, 0.05) is 23.6 Å². The Labute approximate surface area is 59.0 Å². The first kappa shape index (κ1) is 5.68. The fraction of sp³-hybridized carbons (Fsp3) is 0.286. The Hall–Kier alpha value is -1.09. The molecule has 1 aromatic heterocycles. The number of ether oxygens (including phenoxy) is 1. The fourth-order valence-corrected chi connectivity index (χ4v) is 1.00. The van der Waals surface area contributed by atoms with Crippen molar-refractivity contribution in [1.82, 2.24) is 4.98 Å². The maximum absolute atomic E-state index is 5.14. The summed E-state index contributed by atoms with van der Waals surface area (Å²) in [6.45, 7) is 1.28. The van der Waals surface area contributed by atoms with Crippen molar-refractivity contribution in [2.24, 2.45) is 0 Å². The van der Waals surface area contributed by atoms with E-state index in [1.165, 1.54) is 0 Å². The molecule has 0 saturated carbocycles. The van der Waals surface area contributed by atoms with Gasteiger partial charge in [-0.3, -0.25) is 4.98 Å². The molecule has 0 amide bonds. The zero-order valence-corrected chi connectivity index (χ0v) is 5.50. The van der Waals surface area contributed by atoms with Crippen molar-refractivity contribution in [3.05, 3.63) is 24.0 Å². The van der Waals surface area contributed by atoms with Gasteiger partial charge in [-0.2, -0.15) is 0 Å². The lowest BCUT2D eigenvalue weighted by Gasteiger charge is -2.16. The van der Waals surface area contributed by atoms with Crippen LogP contribution in [0.15, 0.2) is 18.5 Å². The average Bonchev–Trinajstić information content (AvgIpc) is 2.05. The second kappa shape index (κ2) is 2.27. The van der Waals surface area contributed by atoms with Crippen LogP contribution in [-0.2, 0) is 11.3 Å². The number of pyridine rings is 1. The van der Waals surface area contributed by atoms with Crippen LogP contribution in [-0.4, -0.2) is 11.7 Å². The van der Waals surface area contributed by atoms with E-state index in [2.05, 4.69) is 10.3 Å². The van der Waals surface area contributed by atoms with Gasteiger partial charge >= 0.3 is 0 Å². The summed E-state index contributed by atoms with van der Waals surface area (Å²) in [5, 5.41) is 3.10. The van der Waals surface area contributed by atoms with E-state index in [1.807, 2.05) is 12.3 Å². The van der Waals surface area contributed by atoms with Crippen LogP contribution in [0.4, 0.5) is 5.69 Å². The molecule has 3 nitrogen and oxygen atoms in total. The third kappa shape index (κ3) is 0.844. The van der Waals surface area contributed by atoms with Crippen molar-refractivity contribution in [3.63, 3.8) is 0 Å². The number of rotatable bonds is 0. The van der Waals surface area contributed by atoms with Crippen LogP contribution in [0.2, 0.25) is 0 Å². The Morgan fingerprint density at radius 1 is 1.60 bits per heavy atom. The standard InChI is InChI=1S/C7H8N2O/c1-2-8-3-6-4-10-5-9-7(1)6/h1-3,9H,4-5H2. The molecule has 0 aromatic carbocycles. The second-order valence-electron chi connectivity index (χ2n) is 2.20. The van der Waals surface area contributed by atoms with E-state index in [-0.39, 0.29) is 0 Å². The molecule has 0 atom stereocenters. The summed E-state index contributed by atoms with van der Waals surface area (Å²) in [6, 6.07) is 1.96. The molecule has 1 aliphatic heterocycles. The minimum Gasteiger partial charge on any atom is -0.362 e. The molecule has 0 unspecified atom stereocenters. The van der Waals surface area contributed by atoms with Gasteiger partial charge in [-0.25, -0.2) is 0 Å². The second-order valence-corrected chi connectivity index (χ2v) is 2.20. The minimum atomic E-state index is 0.608. The van der Waals surface area contributed by atoms with Gasteiger partial charge in [-0.1, -0.05) is 0 Å². The summed E-state index contributed by atoms with van der Waals surface area (Å²) < 4.78 is 5.14. The molecule has 52 valence electrons. The molecule has 1 aromatic rings. The zero-order chi connectivity index (χ0) is 6.81. The monoisotopic (exact) mass is 136 g/mol. The molecule has 2 rings (SSSR count). The third-order valence-corrected chi connectivity index (χ3v) is 1.53. The molecular formula is C7H8N2O. The quantitative estimate of drug-likeness (QED) is 0.577. The highest BCUT2D eigenvalue weighted by atomic mass is 16.5. The highest BCUT2D eigenvalue weighted by Crippen LogP contribution is 2.17. The topological polar surface area (TPSA) is 34.1 Å². The molecule has 0 spiro atoms. The predicted octanol–water partition coefficient (Wildman–Crippen LogP) is 0.981. The van der Waals surface area contributed by atoms with Crippen molar-refractivity contribution in [2.75, 3.05) is 12.0 Å². The minimum absolute atomic E-state index is 0.608. The van der Waals surface area contributed by atoms with Crippen LogP contribution in [0.3, 0.4) is 0 Å². The summed E-state index contributed by atoms with van der Waals surface area (Å²) in [4.78, 5) is 3.98. The van der Waals surface area contributed by atoms with Crippen LogP contribution in [0, 0.1) is 0 Å². The Bertz CT molecular complexity index is 212. The molecule has 2 heterocycles. The fourth-order valence-electron chi connectivity index (χ4n) is 1.00. The van der Waals surface area contributed by atoms with Crippen molar-refractivity contribution >= 4 is 5.69 Å². The number of nitrogens with one attached hydrogen (secondary N) is 1. The van der Waals surface area contributed by atoms with E-state index < -0.39 is 0 Å². The van der Waals surface area contributed by atoms with Gasteiger partial charge in [0.15, 0.2) is 0 Å². The number of hydrogen-bond donors (Lipinski definition) is 1. The first-order chi connectivity index (χ1) is 4.97. The van der Waals surface area contributed by atoms with E-state index >= 15 is 0 Å². The molecule has 0 bridgehead atoms. The van der Waals surface area contributed by atoms with Gasteiger partial charge < -0.3 is 10.1 Å². The van der Waals surface area contributed by atoms with Crippen molar-refractivity contribution in [3.8, 4) is 0 Å². The predicted molar refractivity (Wildman–Crippen MR) is 37.5 cm³/mol. The van der Waals surface area contributed by atoms with Crippen LogP contribution < -0.4 is 5.32 Å². The number of hydrogen-bond acceptors (Lipinski definition) is 3. The summed E-state index contributed by atoms with van der Waals surface area (Å²) in [5.41, 5.74) is 2.27. The number of fused-ring (bicyclic) bond motifs is 1. The van der Waals surface area contributed by atoms with Crippen molar-refractivity contribution < 1.29 is 4.74 Å². The van der Waals surface area contributed by atoms with Gasteiger partial charge in [0.2, 0.25) is 0 Å². The van der Waals surface area contributed by atoms with E-state index in [9.17, 15) is 0 Å². The Morgan fingerprint density at radius 2 is 2.60 bits per heavy atom. The molecular weight excluding hydrogens is 128 g/mol. The summed E-state index contributed by atoms with van der Waals surface area (Å²) in [5.74, 6) is 0. The van der Waals surface area contributed by atoms with Crippen molar-refractivity contribution in [2.45, 2.75) is 6.61 Å². The van der Waals surface area contributed by atoms with Gasteiger partial charge in [0.1, 0.15) is 6.73 Å². The molecule has 0 saturated heterocycles. The highest BCUT2D eigenvalue weighted by molar-refractivity contribution is 5.49. The van der Waals surface area contributed by atoms with Crippen LogP contribution in [0.5, 0.6) is 0 Å². The first-order valence-corrected chi connectivity index (χ1v) is 3.21. The first-order valence-electron chi connectivity index (χ1n) is 3.21. The Kier molecular flexibility index (Phi) is 1.29. The smallest absolute Gasteiger partial charge is 0.116 e. The number of aromatic nitrogens is 1. The Balaban J connectivity index is 2.41. The average molecular weight is 136 g/mol. The molecule has 0 fully saturated rings. The Morgan fingerprint density at radius 3 is 3.50 bits per heavy atom. The highest BCUT2D eigenvalue weighted by Gasteiger charge is 2.05. The lowest BCUT2D eigenvalue weighted by Crippen LogP contribution is -2.14. The molecule has 1 N–H and O–H groups in total. The van der Waals surface area contributed by atoms with E-state index in [1.54, 1.807) is 6.20 Å². The normalized spacial score (nSPS) is 15.6. The van der Waals surface area contributed by atoms with Crippen molar-refractivity contribution in [1.29, 1.82) is 0 Å². The SMILES string of the molecule is c1cc2c(cn1)COCN2. The van der Waals surface area contributed by atoms with E-state index in [4.69, 9.17) is 4.74 Å².